The van der Waals surface area contributed by atoms with Gasteiger partial charge in [-0.2, -0.15) is 0 Å². The molecule has 2 aliphatic rings. The highest BCUT2D eigenvalue weighted by molar-refractivity contribution is 7.89. The number of hydrogen-bond donors (Lipinski definition) is 2. The third kappa shape index (κ3) is 2.97. The maximum atomic E-state index is 12.3. The fraction of sp³-hybridized carbons (Fsp3) is 0.571. The molecule has 1 heterocycles. The second-order valence-electron chi connectivity index (χ2n) is 5.57. The lowest BCUT2D eigenvalue weighted by Crippen LogP contribution is -2.38. The number of benzene rings is 1. The zero-order valence-corrected chi connectivity index (χ0v) is 12.2. The number of fused-ring (bicyclic) bond motifs is 1. The van der Waals surface area contributed by atoms with Crippen LogP contribution in [0, 0.1) is 5.92 Å². The van der Waals surface area contributed by atoms with E-state index in [1.807, 2.05) is 0 Å². The summed E-state index contributed by atoms with van der Waals surface area (Å²) in [5.74, 6) is 1.28. The van der Waals surface area contributed by atoms with E-state index in [0.29, 0.717) is 24.0 Å². The third-order valence-electron chi connectivity index (χ3n) is 3.93. The molecule has 0 amide bonds. The Morgan fingerprint density at radius 3 is 2.95 bits per heavy atom. The van der Waals surface area contributed by atoms with Gasteiger partial charge in [0, 0.05) is 12.6 Å². The normalized spacial score (nSPS) is 20.1. The highest BCUT2D eigenvalue weighted by Gasteiger charge is 2.29. The van der Waals surface area contributed by atoms with Gasteiger partial charge >= 0.3 is 0 Å². The van der Waals surface area contributed by atoms with Gasteiger partial charge in [-0.05, 0) is 55.4 Å². The second kappa shape index (κ2) is 5.35. The molecule has 6 heteroatoms. The molecule has 0 radical (unpaired) electrons. The van der Waals surface area contributed by atoms with E-state index in [1.54, 1.807) is 18.2 Å². The molecule has 0 spiro atoms. The molecule has 0 saturated heterocycles. The summed E-state index contributed by atoms with van der Waals surface area (Å²) in [6.45, 7) is 1.01. The lowest BCUT2D eigenvalue weighted by atomic mass is 10.1. The van der Waals surface area contributed by atoms with Crippen molar-refractivity contribution in [3.63, 3.8) is 0 Å². The summed E-state index contributed by atoms with van der Waals surface area (Å²) in [5, 5.41) is 0. The molecule has 1 aliphatic carbocycles. The first kappa shape index (κ1) is 13.9. The Hall–Kier alpha value is -1.11. The maximum Gasteiger partial charge on any atom is 0.240 e. The summed E-state index contributed by atoms with van der Waals surface area (Å²) in [5.41, 5.74) is 6.89. The molecular weight excluding hydrogens is 276 g/mol. The Balaban J connectivity index is 1.73. The molecule has 5 nitrogen and oxygen atoms in total. The number of rotatable bonds is 5. The Labute approximate surface area is 119 Å². The van der Waals surface area contributed by atoms with E-state index in [0.717, 1.165) is 37.0 Å². The molecule has 1 unspecified atom stereocenters. The van der Waals surface area contributed by atoms with Crippen molar-refractivity contribution in [2.24, 2.45) is 11.7 Å². The summed E-state index contributed by atoms with van der Waals surface area (Å²) < 4.78 is 32.6. The summed E-state index contributed by atoms with van der Waals surface area (Å²) >= 11 is 0. The summed E-state index contributed by atoms with van der Waals surface area (Å²) in [6, 6.07) is 4.96. The van der Waals surface area contributed by atoms with Crippen molar-refractivity contribution < 1.29 is 13.2 Å². The van der Waals surface area contributed by atoms with E-state index < -0.39 is 10.0 Å². The van der Waals surface area contributed by atoms with Gasteiger partial charge in [-0.3, -0.25) is 0 Å². The molecule has 110 valence electrons. The molecule has 1 atom stereocenters. The number of nitrogens with two attached hydrogens (primary N) is 1. The number of ether oxygens (including phenoxy) is 1. The molecule has 1 aromatic carbocycles. The van der Waals surface area contributed by atoms with Gasteiger partial charge in [0.2, 0.25) is 10.0 Å². The van der Waals surface area contributed by atoms with Crippen LogP contribution in [0.4, 0.5) is 0 Å². The van der Waals surface area contributed by atoms with Crippen molar-refractivity contribution in [3.05, 3.63) is 23.8 Å². The van der Waals surface area contributed by atoms with Gasteiger partial charge in [-0.25, -0.2) is 13.1 Å². The SMILES string of the molecule is NC(CNS(=O)(=O)c1ccc2c(c1)CCCO2)C1CC1. The van der Waals surface area contributed by atoms with Crippen LogP contribution in [0.15, 0.2) is 23.1 Å². The van der Waals surface area contributed by atoms with Crippen molar-refractivity contribution in [2.45, 2.75) is 36.6 Å². The zero-order valence-electron chi connectivity index (χ0n) is 11.3. The second-order valence-corrected chi connectivity index (χ2v) is 7.34. The van der Waals surface area contributed by atoms with E-state index in [-0.39, 0.29) is 6.04 Å². The molecule has 20 heavy (non-hydrogen) atoms. The maximum absolute atomic E-state index is 12.3. The number of sulfonamides is 1. The lowest BCUT2D eigenvalue weighted by Gasteiger charge is -2.18. The first-order valence-corrected chi connectivity index (χ1v) is 8.55. The van der Waals surface area contributed by atoms with Crippen LogP contribution in [0.5, 0.6) is 5.75 Å². The van der Waals surface area contributed by atoms with Crippen molar-refractivity contribution in [3.8, 4) is 5.75 Å². The molecule has 1 aliphatic heterocycles. The van der Waals surface area contributed by atoms with Crippen LogP contribution in [0.3, 0.4) is 0 Å². The number of aryl methyl sites for hydroxylation is 1. The lowest BCUT2D eigenvalue weighted by molar-refractivity contribution is 0.288. The van der Waals surface area contributed by atoms with Gasteiger partial charge in [0.15, 0.2) is 0 Å². The van der Waals surface area contributed by atoms with Crippen molar-refractivity contribution in [1.29, 1.82) is 0 Å². The van der Waals surface area contributed by atoms with Gasteiger partial charge in [0.25, 0.3) is 0 Å². The molecule has 1 saturated carbocycles. The third-order valence-corrected chi connectivity index (χ3v) is 5.35. The monoisotopic (exact) mass is 296 g/mol. The van der Waals surface area contributed by atoms with Gasteiger partial charge in [-0.1, -0.05) is 0 Å². The summed E-state index contributed by atoms with van der Waals surface area (Å²) in [6.07, 6.45) is 4.01. The average molecular weight is 296 g/mol. The predicted octanol–water partition coefficient (Wildman–Crippen LogP) is 1.03. The summed E-state index contributed by atoms with van der Waals surface area (Å²) in [7, 11) is -3.48. The van der Waals surface area contributed by atoms with E-state index in [9.17, 15) is 8.42 Å². The average Bonchev–Trinajstić information content (AvgIpc) is 3.29. The van der Waals surface area contributed by atoms with Crippen LogP contribution in [0.2, 0.25) is 0 Å². The van der Waals surface area contributed by atoms with Crippen LogP contribution < -0.4 is 15.2 Å². The van der Waals surface area contributed by atoms with Gasteiger partial charge in [0.05, 0.1) is 11.5 Å². The van der Waals surface area contributed by atoms with Crippen LogP contribution in [-0.2, 0) is 16.4 Å². The Bertz CT molecular complexity index is 596. The Morgan fingerprint density at radius 1 is 1.40 bits per heavy atom. The topological polar surface area (TPSA) is 81.4 Å². The van der Waals surface area contributed by atoms with Gasteiger partial charge < -0.3 is 10.5 Å². The Kier molecular flexibility index (Phi) is 3.70. The molecule has 0 aromatic heterocycles. The molecule has 3 N–H and O–H groups in total. The molecule has 3 rings (SSSR count). The van der Waals surface area contributed by atoms with Crippen molar-refractivity contribution in [2.75, 3.05) is 13.2 Å². The largest absolute Gasteiger partial charge is 0.493 e. The highest BCUT2D eigenvalue weighted by atomic mass is 32.2. The quantitative estimate of drug-likeness (QED) is 0.850. The van der Waals surface area contributed by atoms with Crippen LogP contribution in [-0.4, -0.2) is 27.6 Å². The predicted molar refractivity (Wildman–Crippen MR) is 76.1 cm³/mol. The first-order chi connectivity index (χ1) is 9.56. The highest BCUT2D eigenvalue weighted by Crippen LogP contribution is 2.31. The molecular formula is C14H20N2O3S. The van der Waals surface area contributed by atoms with Crippen molar-refractivity contribution >= 4 is 10.0 Å². The summed E-state index contributed by atoms with van der Waals surface area (Å²) in [4.78, 5) is 0.296. The van der Waals surface area contributed by atoms with Crippen molar-refractivity contribution in [1.82, 2.24) is 4.72 Å². The minimum atomic E-state index is -3.48. The van der Waals surface area contributed by atoms with E-state index in [4.69, 9.17) is 10.5 Å². The number of hydrogen-bond acceptors (Lipinski definition) is 4. The minimum Gasteiger partial charge on any atom is -0.493 e. The fourth-order valence-corrected chi connectivity index (χ4v) is 3.61. The van der Waals surface area contributed by atoms with Gasteiger partial charge in [0.1, 0.15) is 5.75 Å². The zero-order chi connectivity index (χ0) is 14.2. The van der Waals surface area contributed by atoms with E-state index in [1.165, 1.54) is 0 Å². The molecule has 1 fully saturated rings. The Morgan fingerprint density at radius 2 is 2.20 bits per heavy atom. The smallest absolute Gasteiger partial charge is 0.240 e. The van der Waals surface area contributed by atoms with Crippen LogP contribution in [0.25, 0.3) is 0 Å². The minimum absolute atomic E-state index is 0.0780. The molecule has 0 bridgehead atoms. The molecule has 1 aromatic rings. The fourth-order valence-electron chi connectivity index (χ4n) is 2.48. The van der Waals surface area contributed by atoms with Crippen LogP contribution >= 0.6 is 0 Å². The number of nitrogens with one attached hydrogen (secondary N) is 1. The first-order valence-electron chi connectivity index (χ1n) is 7.07. The van der Waals surface area contributed by atoms with Crippen LogP contribution in [0.1, 0.15) is 24.8 Å². The van der Waals surface area contributed by atoms with E-state index in [2.05, 4.69) is 4.72 Å². The van der Waals surface area contributed by atoms with Gasteiger partial charge in [-0.15, -0.1) is 0 Å². The standard InChI is InChI=1S/C14H20N2O3S/c15-13(10-3-4-10)9-16-20(17,18)12-5-6-14-11(8-12)2-1-7-19-14/h5-6,8,10,13,16H,1-4,7,9,15H2. The van der Waals surface area contributed by atoms with E-state index >= 15 is 0 Å².